The number of oxazole rings is 1. The van der Waals surface area contributed by atoms with Crippen molar-refractivity contribution >= 4 is 28.7 Å². The van der Waals surface area contributed by atoms with E-state index in [1.165, 1.54) is 21.1 Å². The number of hydrogen-bond acceptors (Lipinski definition) is 7. The van der Waals surface area contributed by atoms with E-state index in [1.807, 2.05) is 30.3 Å². The van der Waals surface area contributed by atoms with Crippen molar-refractivity contribution in [2.24, 2.45) is 0 Å². The molecule has 1 atom stereocenters. The van der Waals surface area contributed by atoms with Gasteiger partial charge in [-0.05, 0) is 49.4 Å². The van der Waals surface area contributed by atoms with Crippen LogP contribution in [0, 0.1) is 0 Å². The van der Waals surface area contributed by atoms with Crippen LogP contribution in [0.5, 0.6) is 11.5 Å². The average Bonchev–Trinajstić information content (AvgIpc) is 3.28. The molecule has 33 heavy (non-hydrogen) atoms. The number of anilines is 1. The number of hydrogen-bond donors (Lipinski definition) is 1. The minimum absolute atomic E-state index is 0.254. The van der Waals surface area contributed by atoms with Gasteiger partial charge in [0, 0.05) is 17.3 Å². The van der Waals surface area contributed by atoms with Crippen LogP contribution in [0.15, 0.2) is 71.1 Å². The zero-order valence-electron chi connectivity index (χ0n) is 18.3. The van der Waals surface area contributed by atoms with Gasteiger partial charge in [0.15, 0.2) is 23.2 Å². The van der Waals surface area contributed by atoms with E-state index < -0.39 is 18.0 Å². The maximum absolute atomic E-state index is 12.6. The molecule has 8 nitrogen and oxygen atoms in total. The van der Waals surface area contributed by atoms with E-state index in [0.29, 0.717) is 34.2 Å². The number of ether oxygens (including phenoxy) is 3. The molecule has 4 aromatic rings. The van der Waals surface area contributed by atoms with Gasteiger partial charge < -0.3 is 23.9 Å². The van der Waals surface area contributed by atoms with E-state index >= 15 is 0 Å². The van der Waals surface area contributed by atoms with E-state index in [9.17, 15) is 9.59 Å². The molecule has 0 aliphatic carbocycles. The fourth-order valence-electron chi connectivity index (χ4n) is 3.20. The van der Waals surface area contributed by atoms with Crippen molar-refractivity contribution < 1.29 is 28.2 Å². The Kier molecular flexibility index (Phi) is 6.26. The third-order valence-corrected chi connectivity index (χ3v) is 4.95. The van der Waals surface area contributed by atoms with Crippen molar-refractivity contribution in [3.8, 4) is 23.0 Å². The highest BCUT2D eigenvalue weighted by atomic mass is 16.5. The first-order valence-corrected chi connectivity index (χ1v) is 10.2. The molecule has 0 spiro atoms. The summed E-state index contributed by atoms with van der Waals surface area (Å²) >= 11 is 0. The number of nitrogens with zero attached hydrogens (tertiary/aromatic N) is 1. The molecule has 1 amide bonds. The highest BCUT2D eigenvalue weighted by Gasteiger charge is 2.21. The zero-order chi connectivity index (χ0) is 23.4. The number of fused-ring (bicyclic) bond motifs is 1. The summed E-state index contributed by atoms with van der Waals surface area (Å²) in [5.41, 5.74) is 2.63. The highest BCUT2D eigenvalue weighted by Crippen LogP contribution is 2.30. The summed E-state index contributed by atoms with van der Waals surface area (Å²) in [5, 5.41) is 2.70. The Balaban J connectivity index is 1.44. The largest absolute Gasteiger partial charge is 0.493 e. The van der Waals surface area contributed by atoms with Crippen LogP contribution in [-0.2, 0) is 9.53 Å². The van der Waals surface area contributed by atoms with Crippen molar-refractivity contribution in [1.29, 1.82) is 0 Å². The predicted octanol–water partition coefficient (Wildman–Crippen LogP) is 4.70. The van der Waals surface area contributed by atoms with Gasteiger partial charge in [0.1, 0.15) is 5.52 Å². The van der Waals surface area contributed by atoms with Crippen molar-refractivity contribution in [3.05, 3.63) is 72.3 Å². The lowest BCUT2D eigenvalue weighted by molar-refractivity contribution is -0.123. The minimum Gasteiger partial charge on any atom is -0.493 e. The molecule has 4 rings (SSSR count). The summed E-state index contributed by atoms with van der Waals surface area (Å²) < 4.78 is 21.6. The van der Waals surface area contributed by atoms with Gasteiger partial charge in [0.05, 0.1) is 19.8 Å². The smallest absolute Gasteiger partial charge is 0.339 e. The number of methoxy groups -OCH3 is 2. The number of carbonyl (C=O) groups excluding carboxylic acids is 2. The summed E-state index contributed by atoms with van der Waals surface area (Å²) in [5.74, 6) is 0.328. The quantitative estimate of drug-likeness (QED) is 0.411. The SMILES string of the molecule is COc1ccc(NC(=O)C(C)OC(=O)c2ccc3nc(-c4ccccc4)oc3c2)cc1OC. The second kappa shape index (κ2) is 9.44. The Morgan fingerprint density at radius 3 is 2.42 bits per heavy atom. The number of aromatic nitrogens is 1. The number of rotatable bonds is 7. The summed E-state index contributed by atoms with van der Waals surface area (Å²) in [6, 6.07) is 19.2. The maximum atomic E-state index is 12.6. The minimum atomic E-state index is -1.03. The van der Waals surface area contributed by atoms with Gasteiger partial charge in [0.25, 0.3) is 5.91 Å². The first kappa shape index (κ1) is 21.9. The molecular weight excluding hydrogens is 424 g/mol. The van der Waals surface area contributed by atoms with Crippen LogP contribution in [0.4, 0.5) is 5.69 Å². The second-order valence-corrected chi connectivity index (χ2v) is 7.17. The lowest BCUT2D eigenvalue weighted by atomic mass is 10.2. The molecule has 0 saturated heterocycles. The van der Waals surface area contributed by atoms with E-state index in [1.54, 1.807) is 36.4 Å². The van der Waals surface area contributed by atoms with Crippen LogP contribution in [0.2, 0.25) is 0 Å². The molecule has 1 N–H and O–H groups in total. The standard InChI is InChI=1S/C25H22N2O6/c1-15(23(28)26-18-10-12-20(30-2)22(14-18)31-3)32-25(29)17-9-11-19-21(13-17)33-24(27-19)16-7-5-4-6-8-16/h4-15H,1-3H3,(H,26,28). The van der Waals surface area contributed by atoms with Gasteiger partial charge in [-0.25, -0.2) is 9.78 Å². The van der Waals surface area contributed by atoms with Crippen LogP contribution in [0.1, 0.15) is 17.3 Å². The van der Waals surface area contributed by atoms with Crippen LogP contribution in [0.3, 0.4) is 0 Å². The molecule has 0 aliphatic heterocycles. The molecule has 1 heterocycles. The van der Waals surface area contributed by atoms with Gasteiger partial charge in [-0.1, -0.05) is 18.2 Å². The predicted molar refractivity (Wildman–Crippen MR) is 122 cm³/mol. The number of carbonyl (C=O) groups is 2. The number of benzene rings is 3. The Labute approximate surface area is 190 Å². The third-order valence-electron chi connectivity index (χ3n) is 4.95. The van der Waals surface area contributed by atoms with E-state index in [4.69, 9.17) is 18.6 Å². The normalized spacial score (nSPS) is 11.6. The molecule has 8 heteroatoms. The Morgan fingerprint density at radius 2 is 1.70 bits per heavy atom. The van der Waals surface area contributed by atoms with Gasteiger partial charge in [-0.15, -0.1) is 0 Å². The molecular formula is C25H22N2O6. The van der Waals surface area contributed by atoms with E-state index in [0.717, 1.165) is 5.56 Å². The third kappa shape index (κ3) is 4.79. The van der Waals surface area contributed by atoms with Crippen molar-refractivity contribution in [2.75, 3.05) is 19.5 Å². The fourth-order valence-corrected chi connectivity index (χ4v) is 3.20. The monoisotopic (exact) mass is 446 g/mol. The first-order valence-electron chi connectivity index (χ1n) is 10.2. The molecule has 3 aromatic carbocycles. The lowest BCUT2D eigenvalue weighted by Gasteiger charge is -2.15. The summed E-state index contributed by atoms with van der Waals surface area (Å²) in [6.45, 7) is 1.49. The molecule has 168 valence electrons. The number of esters is 1. The second-order valence-electron chi connectivity index (χ2n) is 7.17. The fraction of sp³-hybridized carbons (Fsp3) is 0.160. The van der Waals surface area contributed by atoms with Gasteiger partial charge in [-0.3, -0.25) is 4.79 Å². The van der Waals surface area contributed by atoms with Gasteiger partial charge >= 0.3 is 5.97 Å². The van der Waals surface area contributed by atoms with Crippen LogP contribution >= 0.6 is 0 Å². The number of nitrogens with one attached hydrogen (secondary N) is 1. The van der Waals surface area contributed by atoms with Gasteiger partial charge in [-0.2, -0.15) is 0 Å². The van der Waals surface area contributed by atoms with E-state index in [-0.39, 0.29) is 5.56 Å². The first-order chi connectivity index (χ1) is 16.0. The Hall–Kier alpha value is -4.33. The van der Waals surface area contributed by atoms with Crippen molar-refractivity contribution in [3.63, 3.8) is 0 Å². The summed E-state index contributed by atoms with van der Waals surface area (Å²) in [4.78, 5) is 29.6. The molecule has 1 aromatic heterocycles. The molecule has 0 aliphatic rings. The molecule has 0 radical (unpaired) electrons. The van der Waals surface area contributed by atoms with Crippen molar-refractivity contribution in [2.45, 2.75) is 13.0 Å². The Morgan fingerprint density at radius 1 is 0.939 bits per heavy atom. The maximum Gasteiger partial charge on any atom is 0.339 e. The Bertz CT molecular complexity index is 1300. The van der Waals surface area contributed by atoms with Crippen LogP contribution < -0.4 is 14.8 Å². The lowest BCUT2D eigenvalue weighted by Crippen LogP contribution is -2.30. The molecule has 1 unspecified atom stereocenters. The highest BCUT2D eigenvalue weighted by molar-refractivity contribution is 5.98. The molecule has 0 saturated carbocycles. The van der Waals surface area contributed by atoms with E-state index in [2.05, 4.69) is 10.3 Å². The topological polar surface area (TPSA) is 99.9 Å². The zero-order valence-corrected chi connectivity index (χ0v) is 18.3. The summed E-state index contributed by atoms with van der Waals surface area (Å²) in [7, 11) is 3.03. The van der Waals surface area contributed by atoms with Crippen molar-refractivity contribution in [1.82, 2.24) is 4.98 Å². The van der Waals surface area contributed by atoms with Gasteiger partial charge in [0.2, 0.25) is 5.89 Å². The average molecular weight is 446 g/mol. The molecule has 0 bridgehead atoms. The van der Waals surface area contributed by atoms with Crippen LogP contribution in [0.25, 0.3) is 22.6 Å². The molecule has 0 fully saturated rings. The van der Waals surface area contributed by atoms with Crippen LogP contribution in [-0.4, -0.2) is 37.2 Å². The summed E-state index contributed by atoms with van der Waals surface area (Å²) in [6.07, 6.45) is -1.03. The number of amides is 1.